The Morgan fingerprint density at radius 1 is 0.574 bits per heavy atom. The summed E-state index contributed by atoms with van der Waals surface area (Å²) >= 11 is 0. The zero-order valence-electron chi connectivity index (χ0n) is 27.5. The summed E-state index contributed by atoms with van der Waals surface area (Å²) in [6.07, 6.45) is 2.11. The van der Waals surface area contributed by atoms with Crippen LogP contribution in [0.2, 0.25) is 38.3 Å². The van der Waals surface area contributed by atoms with Crippen LogP contribution in [0.1, 0.15) is 18.4 Å². The van der Waals surface area contributed by atoms with Crippen LogP contribution in [0.3, 0.4) is 0 Å². The van der Waals surface area contributed by atoms with Crippen molar-refractivity contribution in [3.8, 4) is 18.2 Å². The third-order valence-corrected chi connectivity index (χ3v) is 16.7. The Balaban J connectivity index is 1.14. The first-order valence-corrected chi connectivity index (χ1v) is 22.5. The molecule has 0 aliphatic heterocycles. The van der Waals surface area contributed by atoms with Crippen LogP contribution < -0.4 is 0 Å². The fourth-order valence-corrected chi connectivity index (χ4v) is 16.1. The van der Waals surface area contributed by atoms with Crippen molar-refractivity contribution in [1.29, 1.82) is 15.8 Å². The summed E-state index contributed by atoms with van der Waals surface area (Å²) in [5, 5.41) is 33.2. The fourth-order valence-electron chi connectivity index (χ4n) is 7.27. The molecule has 0 amide bonds. The monoisotopic (exact) mass is 649 g/mol. The minimum atomic E-state index is -1.92. The summed E-state index contributed by atoms with van der Waals surface area (Å²) in [6.45, 7) is 11.3. The molecule has 0 radical (unpaired) electrons. The Bertz CT molecular complexity index is 2220. The highest BCUT2D eigenvalue weighted by atomic mass is 28.4. The molecule has 0 fully saturated rings. The summed E-state index contributed by atoms with van der Waals surface area (Å²) < 4.78 is 11.9. The van der Waals surface area contributed by atoms with Crippen LogP contribution >= 0.6 is 0 Å². The van der Waals surface area contributed by atoms with Gasteiger partial charge in [-0.15, -0.1) is 0 Å². The van der Waals surface area contributed by atoms with Gasteiger partial charge in [0.2, 0.25) is 0 Å². The van der Waals surface area contributed by atoms with Crippen molar-refractivity contribution in [2.24, 2.45) is 0 Å². The van der Waals surface area contributed by atoms with Crippen LogP contribution in [0.15, 0.2) is 96.6 Å². The topological polar surface area (TPSA) is 90.5 Å². The highest BCUT2D eigenvalue weighted by molar-refractivity contribution is 6.84. The number of hydrogen-bond donors (Lipinski definition) is 0. The molecule has 6 aromatic rings. The zero-order chi connectivity index (χ0) is 33.2. The lowest BCUT2D eigenvalue weighted by Crippen LogP contribution is -2.44. The molecular weight excluding hydrogens is 611 g/mol. The number of aryl methyl sites for hydroxylation is 2. The number of fused-ring (bicyclic) bond motifs is 6. The van der Waals surface area contributed by atoms with Gasteiger partial charge in [0, 0.05) is 56.7 Å². The van der Waals surface area contributed by atoms with Crippen molar-refractivity contribution in [2.75, 3.05) is 0 Å². The van der Waals surface area contributed by atoms with E-state index < -0.39 is 16.6 Å². The first kappa shape index (κ1) is 32.0. The van der Waals surface area contributed by atoms with Crippen molar-refractivity contribution in [2.45, 2.75) is 64.2 Å². The molecule has 0 unspecified atom stereocenters. The van der Waals surface area contributed by atoms with E-state index in [-0.39, 0.29) is 11.1 Å². The first-order valence-electron chi connectivity index (χ1n) is 16.3. The number of rotatable bonds is 11. The predicted octanol–water partition coefficient (Wildman–Crippen LogP) is 10.1. The van der Waals surface area contributed by atoms with Crippen LogP contribution in [0.4, 0.5) is 0 Å². The maximum Gasteiger partial charge on any atom is 0.173 e. The smallest absolute Gasteiger partial charge is 0.173 e. The Morgan fingerprint density at radius 3 is 1.45 bits per heavy atom. The van der Waals surface area contributed by atoms with Crippen molar-refractivity contribution >= 4 is 65.8 Å². The molecule has 8 heteroatoms. The molecular formula is C39H39N5OSi2. The van der Waals surface area contributed by atoms with Crippen LogP contribution in [0.5, 0.6) is 0 Å². The van der Waals surface area contributed by atoms with Gasteiger partial charge in [0.15, 0.2) is 16.6 Å². The van der Waals surface area contributed by atoms with E-state index in [4.69, 9.17) is 4.12 Å². The largest absolute Gasteiger partial charge is 0.455 e. The third-order valence-electron chi connectivity index (χ3n) is 9.20. The average Bonchev–Trinajstić information content (AvgIpc) is 3.55. The van der Waals surface area contributed by atoms with Gasteiger partial charge in [-0.2, -0.15) is 15.8 Å². The Morgan fingerprint density at radius 2 is 1.00 bits per heavy atom. The minimum absolute atomic E-state index is 0.112. The number of nitriles is 3. The van der Waals surface area contributed by atoms with Gasteiger partial charge in [-0.05, 0) is 87.0 Å². The van der Waals surface area contributed by atoms with Gasteiger partial charge >= 0.3 is 0 Å². The number of para-hydroxylation sites is 3. The molecule has 0 spiro atoms. The van der Waals surface area contributed by atoms with E-state index in [1.807, 2.05) is 36.4 Å². The van der Waals surface area contributed by atoms with Gasteiger partial charge in [0.1, 0.15) is 23.8 Å². The van der Waals surface area contributed by atoms with Crippen molar-refractivity contribution in [3.63, 3.8) is 0 Å². The highest BCUT2D eigenvalue weighted by Gasteiger charge is 2.32. The van der Waals surface area contributed by atoms with Crippen LogP contribution in [-0.2, 0) is 17.2 Å². The summed E-state index contributed by atoms with van der Waals surface area (Å²) in [4.78, 5) is 0. The quantitative estimate of drug-likeness (QED) is 0.103. The second-order valence-electron chi connectivity index (χ2n) is 13.5. The van der Waals surface area contributed by atoms with Gasteiger partial charge in [-0.3, -0.25) is 0 Å². The van der Waals surface area contributed by atoms with Gasteiger partial charge in [-0.25, -0.2) is 0 Å². The van der Waals surface area contributed by atoms with E-state index in [1.165, 1.54) is 21.8 Å². The minimum Gasteiger partial charge on any atom is -0.455 e. The molecule has 2 heterocycles. The third kappa shape index (κ3) is 6.39. The van der Waals surface area contributed by atoms with Gasteiger partial charge < -0.3 is 13.2 Å². The van der Waals surface area contributed by atoms with E-state index in [1.54, 1.807) is 0 Å². The van der Waals surface area contributed by atoms with Crippen LogP contribution in [-0.4, -0.2) is 25.8 Å². The lowest BCUT2D eigenvalue weighted by atomic mass is 10.00. The molecule has 0 N–H and O–H groups in total. The lowest BCUT2D eigenvalue weighted by molar-refractivity contribution is 0.522. The molecule has 234 valence electrons. The van der Waals surface area contributed by atoms with Gasteiger partial charge in [-0.1, -0.05) is 60.7 Å². The van der Waals surface area contributed by atoms with E-state index in [2.05, 4.69) is 108 Å². The number of aromatic nitrogens is 2. The molecule has 4 aromatic carbocycles. The van der Waals surface area contributed by atoms with Gasteiger partial charge in [0.05, 0.1) is 5.57 Å². The second kappa shape index (κ2) is 13.1. The predicted molar refractivity (Wildman–Crippen MR) is 198 cm³/mol. The summed E-state index contributed by atoms with van der Waals surface area (Å²) in [5.41, 5.74) is 5.38. The first-order chi connectivity index (χ1) is 22.7. The molecule has 0 atom stereocenters. The van der Waals surface area contributed by atoms with Crippen LogP contribution in [0, 0.1) is 34.0 Å². The summed E-state index contributed by atoms with van der Waals surface area (Å²) in [7, 11) is -3.80. The zero-order valence-corrected chi connectivity index (χ0v) is 29.5. The van der Waals surface area contributed by atoms with E-state index in [0.717, 1.165) is 59.8 Å². The van der Waals surface area contributed by atoms with E-state index >= 15 is 0 Å². The normalized spacial score (nSPS) is 11.9. The molecule has 0 bridgehead atoms. The molecule has 0 aliphatic carbocycles. The second-order valence-corrected chi connectivity index (χ2v) is 22.4. The maximum atomic E-state index is 9.72. The molecule has 6 rings (SSSR count). The molecule has 0 saturated carbocycles. The molecule has 47 heavy (non-hydrogen) atoms. The Labute approximate surface area is 278 Å². The Kier molecular flexibility index (Phi) is 8.91. The Hall–Kier alpha value is -4.92. The fraction of sp³-hybridized carbons (Fsp3) is 0.256. The summed E-state index contributed by atoms with van der Waals surface area (Å²) in [6, 6.07) is 39.5. The molecule has 0 aliphatic rings. The standard InChI is InChI=1S/C39H39N5OSi2/c1-46(2,23-11-21-43-36-16-8-5-13-31(36)32-14-6-9-17-37(32)43)45-47(3,4)24-12-22-44-38-18-10-7-15-33(38)34-25-29(19-20-39(34)44)35(28-42)30(26-40)27-41/h5-10,13-20,25H,11-12,21-24H2,1-4H3. The van der Waals surface area contributed by atoms with E-state index in [9.17, 15) is 15.8 Å². The van der Waals surface area contributed by atoms with E-state index in [0.29, 0.717) is 5.56 Å². The number of nitrogens with zero attached hydrogens (tertiary/aromatic N) is 5. The number of hydrogen-bond acceptors (Lipinski definition) is 4. The molecule has 0 saturated heterocycles. The van der Waals surface area contributed by atoms with Gasteiger partial charge in [0.25, 0.3) is 0 Å². The van der Waals surface area contributed by atoms with Crippen molar-refractivity contribution < 1.29 is 4.12 Å². The number of allylic oxidation sites excluding steroid dienone is 2. The van der Waals surface area contributed by atoms with Crippen molar-refractivity contribution in [3.05, 3.63) is 102 Å². The maximum absolute atomic E-state index is 9.72. The van der Waals surface area contributed by atoms with Crippen molar-refractivity contribution in [1.82, 2.24) is 9.13 Å². The SMILES string of the molecule is C[Si](C)(CCCn1c2ccccc2c2ccccc21)O[Si](C)(C)CCCn1c2ccccc2c2cc(C(C#N)=C(C#N)C#N)ccc21. The average molecular weight is 650 g/mol. The van der Waals surface area contributed by atoms with Crippen LogP contribution in [0.25, 0.3) is 49.2 Å². The number of benzene rings is 4. The lowest BCUT2D eigenvalue weighted by Gasteiger charge is -2.34. The highest BCUT2D eigenvalue weighted by Crippen LogP contribution is 2.34. The molecule has 2 aromatic heterocycles. The molecule has 6 nitrogen and oxygen atoms in total. The summed E-state index contributed by atoms with van der Waals surface area (Å²) in [5.74, 6) is 0.